The molecule has 1 amide bonds. The van der Waals surface area contributed by atoms with Crippen LogP contribution in [0.2, 0.25) is 0 Å². The van der Waals surface area contributed by atoms with E-state index in [1.54, 1.807) is 36.5 Å². The highest BCUT2D eigenvalue weighted by atomic mass is 16.2. The lowest BCUT2D eigenvalue weighted by Gasteiger charge is -2.17. The summed E-state index contributed by atoms with van der Waals surface area (Å²) in [5.41, 5.74) is 6.92. The molecule has 2 rings (SSSR count). The molecule has 18 heavy (non-hydrogen) atoms. The lowest BCUT2D eigenvalue weighted by Crippen LogP contribution is -2.27. The summed E-state index contributed by atoms with van der Waals surface area (Å²) >= 11 is 0. The topological polar surface area (TPSA) is 72.1 Å². The maximum absolute atomic E-state index is 12.1. The first-order valence-corrected chi connectivity index (χ1v) is 5.54. The molecule has 0 radical (unpaired) electrons. The van der Waals surface area contributed by atoms with Crippen LogP contribution in [0.3, 0.4) is 0 Å². The summed E-state index contributed by atoms with van der Waals surface area (Å²) in [5, 5.41) is 0. The van der Waals surface area contributed by atoms with Crippen molar-refractivity contribution in [1.82, 2.24) is 14.9 Å². The smallest absolute Gasteiger partial charge is 0.257 e. The maximum Gasteiger partial charge on any atom is 0.257 e. The van der Waals surface area contributed by atoms with Gasteiger partial charge in [-0.25, -0.2) is 4.98 Å². The van der Waals surface area contributed by atoms with Gasteiger partial charge in [0.2, 0.25) is 0 Å². The van der Waals surface area contributed by atoms with Crippen molar-refractivity contribution in [2.45, 2.75) is 6.54 Å². The zero-order valence-electron chi connectivity index (χ0n) is 10.1. The molecule has 0 spiro atoms. The van der Waals surface area contributed by atoms with Crippen LogP contribution in [0.15, 0.2) is 42.7 Å². The van der Waals surface area contributed by atoms with E-state index in [9.17, 15) is 4.79 Å². The minimum Gasteiger partial charge on any atom is -0.383 e. The van der Waals surface area contributed by atoms with Crippen LogP contribution in [0.4, 0.5) is 5.82 Å². The molecular weight excluding hydrogens is 228 g/mol. The second-order valence-corrected chi connectivity index (χ2v) is 3.92. The van der Waals surface area contributed by atoms with Gasteiger partial charge < -0.3 is 10.6 Å². The summed E-state index contributed by atoms with van der Waals surface area (Å²) in [6.45, 7) is 0.438. The number of hydrogen-bond acceptors (Lipinski definition) is 4. The number of carbonyl (C=O) groups excluding carboxylic acids is 1. The highest BCUT2D eigenvalue weighted by Crippen LogP contribution is 2.11. The molecule has 0 saturated heterocycles. The number of aromatic nitrogens is 2. The van der Waals surface area contributed by atoms with E-state index < -0.39 is 0 Å². The van der Waals surface area contributed by atoms with Gasteiger partial charge in [-0.1, -0.05) is 6.07 Å². The molecule has 5 heteroatoms. The van der Waals surface area contributed by atoms with Gasteiger partial charge >= 0.3 is 0 Å². The van der Waals surface area contributed by atoms with Crippen LogP contribution in [-0.2, 0) is 6.54 Å². The van der Waals surface area contributed by atoms with Gasteiger partial charge in [0.05, 0.1) is 17.8 Å². The van der Waals surface area contributed by atoms with E-state index in [-0.39, 0.29) is 11.7 Å². The van der Waals surface area contributed by atoms with Gasteiger partial charge in [-0.3, -0.25) is 9.78 Å². The molecule has 0 aromatic carbocycles. The summed E-state index contributed by atoms with van der Waals surface area (Å²) in [7, 11) is 1.71. The molecule has 0 bridgehead atoms. The molecule has 2 N–H and O–H groups in total. The number of hydrogen-bond donors (Lipinski definition) is 1. The van der Waals surface area contributed by atoms with Gasteiger partial charge in [0.15, 0.2) is 0 Å². The van der Waals surface area contributed by atoms with Crippen LogP contribution in [-0.4, -0.2) is 27.8 Å². The standard InChI is InChI=1S/C13H14N4O/c1-17(9-10-5-2-3-7-15-10)13(18)11-6-4-8-16-12(11)14/h2-8H,9H2,1H3,(H2,14,16). The molecule has 0 saturated carbocycles. The zero-order chi connectivity index (χ0) is 13.0. The van der Waals surface area contributed by atoms with E-state index in [0.717, 1.165) is 5.69 Å². The predicted octanol–water partition coefficient (Wildman–Crippen LogP) is 1.33. The number of nitrogen functional groups attached to an aromatic ring is 1. The largest absolute Gasteiger partial charge is 0.383 e. The average molecular weight is 242 g/mol. The molecular formula is C13H14N4O. The summed E-state index contributed by atoms with van der Waals surface area (Å²) in [4.78, 5) is 21.8. The van der Waals surface area contributed by atoms with Crippen LogP contribution < -0.4 is 5.73 Å². The highest BCUT2D eigenvalue weighted by molar-refractivity contribution is 5.98. The minimum atomic E-state index is -0.161. The number of anilines is 1. The fraction of sp³-hybridized carbons (Fsp3) is 0.154. The summed E-state index contributed by atoms with van der Waals surface area (Å²) in [5.74, 6) is 0.0848. The van der Waals surface area contributed by atoms with Gasteiger partial charge in [0.1, 0.15) is 5.82 Å². The SMILES string of the molecule is CN(Cc1ccccn1)C(=O)c1cccnc1N. The molecule has 0 fully saturated rings. The van der Waals surface area contributed by atoms with Crippen molar-refractivity contribution in [3.05, 3.63) is 54.0 Å². The number of carbonyl (C=O) groups is 1. The monoisotopic (exact) mass is 242 g/mol. The normalized spacial score (nSPS) is 10.1. The first-order valence-electron chi connectivity index (χ1n) is 5.54. The second kappa shape index (κ2) is 5.27. The Labute approximate surface area is 105 Å². The first kappa shape index (κ1) is 12.0. The summed E-state index contributed by atoms with van der Waals surface area (Å²) < 4.78 is 0. The van der Waals surface area contributed by atoms with Crippen LogP contribution in [0, 0.1) is 0 Å². The Kier molecular flexibility index (Phi) is 3.52. The van der Waals surface area contributed by atoms with Gasteiger partial charge in [-0.15, -0.1) is 0 Å². The first-order chi connectivity index (χ1) is 8.68. The van der Waals surface area contributed by atoms with Crippen molar-refractivity contribution < 1.29 is 4.79 Å². The van der Waals surface area contributed by atoms with E-state index >= 15 is 0 Å². The Morgan fingerprint density at radius 1 is 1.22 bits per heavy atom. The third kappa shape index (κ3) is 2.63. The van der Waals surface area contributed by atoms with Gasteiger partial charge in [-0.2, -0.15) is 0 Å². The Morgan fingerprint density at radius 2 is 2.00 bits per heavy atom. The quantitative estimate of drug-likeness (QED) is 0.881. The van der Waals surface area contributed by atoms with E-state index in [1.165, 1.54) is 0 Å². The van der Waals surface area contributed by atoms with E-state index in [4.69, 9.17) is 5.73 Å². The second-order valence-electron chi connectivity index (χ2n) is 3.92. The molecule has 0 atom stereocenters. The number of pyridine rings is 2. The fourth-order valence-electron chi connectivity index (χ4n) is 1.61. The molecule has 0 aliphatic heterocycles. The van der Waals surface area contributed by atoms with Crippen molar-refractivity contribution >= 4 is 11.7 Å². The van der Waals surface area contributed by atoms with E-state index in [2.05, 4.69) is 9.97 Å². The van der Waals surface area contributed by atoms with Gasteiger partial charge in [-0.05, 0) is 24.3 Å². The third-order valence-electron chi connectivity index (χ3n) is 2.54. The van der Waals surface area contributed by atoms with Crippen molar-refractivity contribution in [2.24, 2.45) is 0 Å². The molecule has 2 aromatic rings. The maximum atomic E-state index is 12.1. The van der Waals surface area contributed by atoms with E-state index in [0.29, 0.717) is 12.1 Å². The van der Waals surface area contributed by atoms with Crippen molar-refractivity contribution in [1.29, 1.82) is 0 Å². The molecule has 5 nitrogen and oxygen atoms in total. The number of nitrogens with two attached hydrogens (primary N) is 1. The van der Waals surface area contributed by atoms with Crippen LogP contribution >= 0.6 is 0 Å². The Morgan fingerprint density at radius 3 is 2.67 bits per heavy atom. The molecule has 0 aliphatic rings. The van der Waals surface area contributed by atoms with Crippen LogP contribution in [0.25, 0.3) is 0 Å². The Hall–Kier alpha value is -2.43. The van der Waals surface area contributed by atoms with Crippen LogP contribution in [0.1, 0.15) is 16.1 Å². The molecule has 2 heterocycles. The molecule has 0 unspecified atom stereocenters. The highest BCUT2D eigenvalue weighted by Gasteiger charge is 2.15. The van der Waals surface area contributed by atoms with Crippen molar-refractivity contribution in [2.75, 3.05) is 12.8 Å². The average Bonchev–Trinajstić information content (AvgIpc) is 2.39. The number of rotatable bonds is 3. The minimum absolute atomic E-state index is 0.161. The predicted molar refractivity (Wildman–Crippen MR) is 68.7 cm³/mol. The summed E-state index contributed by atoms with van der Waals surface area (Å²) in [6.07, 6.45) is 3.26. The lowest BCUT2D eigenvalue weighted by molar-refractivity contribution is 0.0784. The Bertz CT molecular complexity index is 542. The number of nitrogens with zero attached hydrogens (tertiary/aromatic N) is 3. The zero-order valence-corrected chi connectivity index (χ0v) is 10.1. The van der Waals surface area contributed by atoms with Crippen molar-refractivity contribution in [3.63, 3.8) is 0 Å². The van der Waals surface area contributed by atoms with Crippen LogP contribution in [0.5, 0.6) is 0 Å². The van der Waals surface area contributed by atoms with Gasteiger partial charge in [0.25, 0.3) is 5.91 Å². The molecule has 92 valence electrons. The molecule has 2 aromatic heterocycles. The number of amides is 1. The van der Waals surface area contributed by atoms with E-state index in [1.807, 2.05) is 18.2 Å². The van der Waals surface area contributed by atoms with Crippen molar-refractivity contribution in [3.8, 4) is 0 Å². The fourth-order valence-corrected chi connectivity index (χ4v) is 1.61. The van der Waals surface area contributed by atoms with Gasteiger partial charge in [0, 0.05) is 19.4 Å². The lowest BCUT2D eigenvalue weighted by atomic mass is 10.2. The summed E-state index contributed by atoms with van der Waals surface area (Å²) in [6, 6.07) is 8.96. The molecule has 0 aliphatic carbocycles. The third-order valence-corrected chi connectivity index (χ3v) is 2.54. The Balaban J connectivity index is 2.13.